The van der Waals surface area contributed by atoms with E-state index in [1.165, 1.54) is 0 Å². The summed E-state index contributed by atoms with van der Waals surface area (Å²) in [5.74, 6) is 1.04. The Kier molecular flexibility index (Phi) is 5.88. The molecule has 6 rings (SSSR count). The van der Waals surface area contributed by atoms with Gasteiger partial charge in [0.05, 0.1) is 28.5 Å². The van der Waals surface area contributed by atoms with Gasteiger partial charge in [0.2, 0.25) is 0 Å². The number of aromatic nitrogens is 6. The zero-order valence-electron chi connectivity index (χ0n) is 22.8. The number of hydrogen-bond donors (Lipinski definition) is 1. The van der Waals surface area contributed by atoms with Crippen LogP contribution in [0, 0.1) is 26.7 Å². The number of aliphatic hydroxyl groups is 1. The molecule has 38 heavy (non-hydrogen) atoms. The van der Waals surface area contributed by atoms with E-state index in [0.29, 0.717) is 18.9 Å². The Bertz CT molecular complexity index is 1630. The Labute approximate surface area is 221 Å². The standard InChI is InChI=1S/C29H34N6O3/c1-16-8-7-11-30-23(16)25(19-9-12-37-13-10-19)35-21-14-20(22-17(2)33-38-18(22)3)15-31-24(21)26-27(35)28(29(4,5)36)32-34(26)6/h7-8,11,14-15,19,25,36H,9-10,12-13H2,1-6H3. The van der Waals surface area contributed by atoms with Gasteiger partial charge in [0.25, 0.3) is 0 Å². The maximum Gasteiger partial charge on any atom is 0.141 e. The second kappa shape index (κ2) is 9.03. The molecule has 0 aliphatic carbocycles. The average Bonchev–Trinajstić information content (AvgIpc) is 3.52. The van der Waals surface area contributed by atoms with Crippen LogP contribution >= 0.6 is 0 Å². The molecule has 0 aromatic carbocycles. The summed E-state index contributed by atoms with van der Waals surface area (Å²) in [5.41, 5.74) is 7.93. The first-order valence-corrected chi connectivity index (χ1v) is 13.2. The van der Waals surface area contributed by atoms with Crippen molar-refractivity contribution in [2.75, 3.05) is 13.2 Å². The van der Waals surface area contributed by atoms with Crippen molar-refractivity contribution in [2.45, 2.75) is 59.1 Å². The number of aryl methyl sites for hydroxylation is 4. The van der Waals surface area contributed by atoms with Crippen molar-refractivity contribution in [2.24, 2.45) is 13.0 Å². The second-order valence-corrected chi connectivity index (χ2v) is 11.0. The van der Waals surface area contributed by atoms with Crippen molar-refractivity contribution in [3.8, 4) is 11.1 Å². The van der Waals surface area contributed by atoms with E-state index < -0.39 is 5.60 Å². The number of pyridine rings is 2. The number of fused-ring (bicyclic) bond motifs is 3. The third kappa shape index (κ3) is 3.84. The highest BCUT2D eigenvalue weighted by molar-refractivity contribution is 6.06. The van der Waals surface area contributed by atoms with Gasteiger partial charge >= 0.3 is 0 Å². The summed E-state index contributed by atoms with van der Waals surface area (Å²) in [6.07, 6.45) is 5.57. The van der Waals surface area contributed by atoms with Crippen molar-refractivity contribution in [3.63, 3.8) is 0 Å². The van der Waals surface area contributed by atoms with Gasteiger partial charge in [0.1, 0.15) is 28.1 Å². The van der Waals surface area contributed by atoms with Gasteiger partial charge in [0, 0.05) is 43.8 Å². The highest BCUT2D eigenvalue weighted by atomic mass is 16.5. The molecular formula is C29H34N6O3. The van der Waals surface area contributed by atoms with Gasteiger partial charge in [-0.05, 0) is 71.1 Å². The summed E-state index contributed by atoms with van der Waals surface area (Å²) in [7, 11) is 1.92. The largest absolute Gasteiger partial charge is 0.384 e. The molecule has 0 amide bonds. The lowest BCUT2D eigenvalue weighted by atomic mass is 9.87. The molecule has 0 spiro atoms. The van der Waals surface area contributed by atoms with Crippen molar-refractivity contribution in [3.05, 3.63) is 59.0 Å². The van der Waals surface area contributed by atoms with E-state index >= 15 is 0 Å². The molecule has 1 fully saturated rings. The van der Waals surface area contributed by atoms with Gasteiger partial charge < -0.3 is 18.9 Å². The maximum absolute atomic E-state index is 11.3. The van der Waals surface area contributed by atoms with Gasteiger partial charge in [-0.25, -0.2) is 0 Å². The fourth-order valence-corrected chi connectivity index (χ4v) is 6.07. The average molecular weight is 515 g/mol. The van der Waals surface area contributed by atoms with E-state index in [4.69, 9.17) is 24.3 Å². The molecule has 5 aromatic rings. The minimum atomic E-state index is -1.16. The van der Waals surface area contributed by atoms with Crippen LogP contribution in [0.3, 0.4) is 0 Å². The van der Waals surface area contributed by atoms with E-state index in [2.05, 4.69) is 28.8 Å². The van der Waals surface area contributed by atoms with Crippen LogP contribution in [0.15, 0.2) is 35.1 Å². The minimum absolute atomic E-state index is 0.0906. The topological polar surface area (TPSA) is 104 Å². The smallest absolute Gasteiger partial charge is 0.141 e. The normalized spacial score (nSPS) is 16.1. The minimum Gasteiger partial charge on any atom is -0.384 e. The molecular weight excluding hydrogens is 480 g/mol. The molecule has 6 heterocycles. The van der Waals surface area contributed by atoms with Gasteiger partial charge in [-0.3, -0.25) is 14.6 Å². The van der Waals surface area contributed by atoms with Crippen molar-refractivity contribution in [1.82, 2.24) is 29.5 Å². The van der Waals surface area contributed by atoms with Crippen LogP contribution in [0.25, 0.3) is 33.2 Å². The zero-order chi connectivity index (χ0) is 26.8. The number of hydrogen-bond acceptors (Lipinski definition) is 7. The molecule has 1 aliphatic rings. The van der Waals surface area contributed by atoms with Crippen LogP contribution in [0.4, 0.5) is 0 Å². The molecule has 0 radical (unpaired) electrons. The molecule has 1 unspecified atom stereocenters. The van der Waals surface area contributed by atoms with Gasteiger partial charge in [-0.15, -0.1) is 0 Å². The lowest BCUT2D eigenvalue weighted by Gasteiger charge is -2.33. The van der Waals surface area contributed by atoms with E-state index in [0.717, 1.165) is 68.7 Å². The van der Waals surface area contributed by atoms with Crippen LogP contribution in [-0.4, -0.2) is 47.8 Å². The van der Waals surface area contributed by atoms with Crippen LogP contribution in [-0.2, 0) is 17.4 Å². The molecule has 1 N–H and O–H groups in total. The van der Waals surface area contributed by atoms with Gasteiger partial charge in [-0.2, -0.15) is 5.10 Å². The maximum atomic E-state index is 11.3. The van der Waals surface area contributed by atoms with E-state index in [1.54, 1.807) is 13.8 Å². The van der Waals surface area contributed by atoms with E-state index in [-0.39, 0.29) is 12.0 Å². The van der Waals surface area contributed by atoms with Crippen LogP contribution in [0.5, 0.6) is 0 Å². The predicted molar refractivity (Wildman–Crippen MR) is 145 cm³/mol. The molecule has 9 nitrogen and oxygen atoms in total. The molecule has 198 valence electrons. The summed E-state index contributed by atoms with van der Waals surface area (Å²) < 4.78 is 15.4. The van der Waals surface area contributed by atoms with Crippen LogP contribution in [0.2, 0.25) is 0 Å². The molecule has 0 saturated carbocycles. The Hall–Kier alpha value is -3.56. The molecule has 1 aliphatic heterocycles. The zero-order valence-corrected chi connectivity index (χ0v) is 22.8. The summed E-state index contributed by atoms with van der Waals surface area (Å²) in [6, 6.07) is 6.18. The first-order chi connectivity index (χ1) is 18.2. The molecule has 1 atom stereocenters. The Morgan fingerprint density at radius 3 is 2.53 bits per heavy atom. The summed E-state index contributed by atoms with van der Waals surface area (Å²) in [4.78, 5) is 9.92. The highest BCUT2D eigenvalue weighted by Gasteiger charge is 2.36. The molecule has 9 heteroatoms. The quantitative estimate of drug-likeness (QED) is 0.346. The Balaban J connectivity index is 1.75. The van der Waals surface area contributed by atoms with Crippen molar-refractivity contribution < 1.29 is 14.4 Å². The summed E-state index contributed by atoms with van der Waals surface area (Å²) in [6.45, 7) is 11.0. The van der Waals surface area contributed by atoms with Crippen molar-refractivity contribution in [1.29, 1.82) is 0 Å². The molecule has 5 aromatic heterocycles. The first-order valence-electron chi connectivity index (χ1n) is 13.2. The van der Waals surface area contributed by atoms with E-state index in [9.17, 15) is 5.11 Å². The fraction of sp³-hybridized carbons (Fsp3) is 0.448. The monoisotopic (exact) mass is 514 g/mol. The van der Waals surface area contributed by atoms with E-state index in [1.807, 2.05) is 44.0 Å². The lowest BCUT2D eigenvalue weighted by molar-refractivity contribution is 0.0542. The van der Waals surface area contributed by atoms with Gasteiger partial charge in [-0.1, -0.05) is 11.2 Å². The fourth-order valence-electron chi connectivity index (χ4n) is 6.07. The van der Waals surface area contributed by atoms with Crippen LogP contribution in [0.1, 0.15) is 61.1 Å². The summed E-state index contributed by atoms with van der Waals surface area (Å²) in [5, 5.41) is 20.3. The highest BCUT2D eigenvalue weighted by Crippen LogP contribution is 2.44. The number of nitrogens with zero attached hydrogens (tertiary/aromatic N) is 6. The molecule has 1 saturated heterocycles. The summed E-state index contributed by atoms with van der Waals surface area (Å²) >= 11 is 0. The van der Waals surface area contributed by atoms with Gasteiger partial charge in [0.15, 0.2) is 0 Å². The Morgan fingerprint density at radius 2 is 1.87 bits per heavy atom. The lowest BCUT2D eigenvalue weighted by Crippen LogP contribution is -2.29. The third-order valence-corrected chi connectivity index (χ3v) is 7.84. The SMILES string of the molecule is Cc1cccnc1C(C1CCOCC1)n1c2cc(-c3c(C)noc3C)cnc2c2c1c(C(C)(C)O)nn2C. The van der Waals surface area contributed by atoms with Crippen molar-refractivity contribution >= 4 is 22.1 Å². The molecule has 0 bridgehead atoms. The predicted octanol–water partition coefficient (Wildman–Crippen LogP) is 5.14. The Morgan fingerprint density at radius 1 is 1.11 bits per heavy atom. The number of rotatable bonds is 5. The second-order valence-electron chi connectivity index (χ2n) is 11.0. The first kappa shape index (κ1) is 24.8. The third-order valence-electron chi connectivity index (χ3n) is 7.84. The van der Waals surface area contributed by atoms with Crippen LogP contribution < -0.4 is 0 Å². The number of ether oxygens (including phenoxy) is 1.